The van der Waals surface area contributed by atoms with Crippen LogP contribution in [0, 0.1) is 0 Å². The lowest BCUT2D eigenvalue weighted by molar-refractivity contribution is -0.192. The molecule has 4 aromatic rings. The summed E-state index contributed by atoms with van der Waals surface area (Å²) in [4.78, 5) is 25.5. The molecule has 200 valence electrons. The van der Waals surface area contributed by atoms with Gasteiger partial charge in [-0.1, -0.05) is 24.3 Å². The number of fused-ring (bicyclic) bond motifs is 1. The lowest BCUT2D eigenvalue weighted by Gasteiger charge is -2.11. The van der Waals surface area contributed by atoms with Gasteiger partial charge in [-0.15, -0.1) is 0 Å². The zero-order chi connectivity index (χ0) is 28.0. The van der Waals surface area contributed by atoms with Crippen LogP contribution >= 0.6 is 0 Å². The lowest BCUT2D eigenvalue weighted by Crippen LogP contribution is -2.21. The van der Waals surface area contributed by atoms with Crippen molar-refractivity contribution in [2.45, 2.75) is 12.1 Å². The second kappa shape index (κ2) is 11.6. The van der Waals surface area contributed by atoms with Gasteiger partial charge in [-0.05, 0) is 65.2 Å². The van der Waals surface area contributed by atoms with Crippen molar-refractivity contribution in [3.63, 3.8) is 0 Å². The zero-order valence-corrected chi connectivity index (χ0v) is 20.6. The normalized spacial score (nSPS) is 16.3. The molecule has 8 nitrogen and oxygen atoms in total. The number of hydrogen-bond acceptors (Lipinski definition) is 5. The van der Waals surface area contributed by atoms with Gasteiger partial charge in [0.1, 0.15) is 5.75 Å². The molecule has 1 aliphatic heterocycles. The fourth-order valence-electron chi connectivity index (χ4n) is 3.97. The number of aromatic amines is 1. The van der Waals surface area contributed by atoms with Crippen LogP contribution < -0.4 is 10.1 Å². The first kappa shape index (κ1) is 27.1. The van der Waals surface area contributed by atoms with Crippen LogP contribution in [0.5, 0.6) is 5.75 Å². The number of carboxylic acids is 1. The predicted molar refractivity (Wildman–Crippen MR) is 140 cm³/mol. The highest BCUT2D eigenvalue weighted by molar-refractivity contribution is 6.02. The number of carbonyl (C=O) groups is 2. The molecule has 0 aliphatic carbocycles. The summed E-state index contributed by atoms with van der Waals surface area (Å²) < 4.78 is 37.0. The van der Waals surface area contributed by atoms with E-state index in [2.05, 4.69) is 20.5 Å². The molecule has 1 unspecified atom stereocenters. The predicted octanol–water partition coefficient (Wildman–Crippen LogP) is 5.07. The molecule has 1 saturated heterocycles. The summed E-state index contributed by atoms with van der Waals surface area (Å²) in [6.07, 6.45) is 4.40. The van der Waals surface area contributed by atoms with Crippen molar-refractivity contribution in [1.82, 2.24) is 20.5 Å². The number of aromatic nitrogens is 3. The van der Waals surface area contributed by atoms with Crippen LogP contribution in [-0.4, -0.2) is 52.0 Å². The second-order valence-corrected chi connectivity index (χ2v) is 8.47. The van der Waals surface area contributed by atoms with E-state index in [1.54, 1.807) is 19.5 Å². The Morgan fingerprint density at radius 1 is 1.05 bits per heavy atom. The topological polar surface area (TPSA) is 117 Å². The van der Waals surface area contributed by atoms with Crippen molar-refractivity contribution < 1.29 is 32.6 Å². The van der Waals surface area contributed by atoms with E-state index in [0.717, 1.165) is 44.6 Å². The third-order valence-electron chi connectivity index (χ3n) is 5.94. The van der Waals surface area contributed by atoms with Crippen molar-refractivity contribution in [2.24, 2.45) is 0 Å². The van der Waals surface area contributed by atoms with Gasteiger partial charge in [0.15, 0.2) is 0 Å². The minimum atomic E-state index is -5.08. The van der Waals surface area contributed by atoms with Crippen LogP contribution in [0.1, 0.15) is 28.3 Å². The standard InChI is InChI=1S/C26H22N4O2.C2HF3O2/c1-32-20-6-4-19(5-7-20)23-16-28-26(31)22(23)14-18-2-8-21-24(29-30-25(21)15-18)9-3-17-10-12-27-13-11-17;3-2(4,5)1(6)7/h2-15,23H,16H2,1H3,(H,28,31)(H,29,30);(H,6,7)/b9-3+,22-14+;. The number of alkyl halides is 3. The molecule has 0 radical (unpaired) electrons. The molecule has 1 atom stereocenters. The summed E-state index contributed by atoms with van der Waals surface area (Å²) in [5.41, 5.74) is 5.65. The maximum atomic E-state index is 12.5. The van der Waals surface area contributed by atoms with E-state index >= 15 is 0 Å². The van der Waals surface area contributed by atoms with E-state index in [1.165, 1.54) is 0 Å². The van der Waals surface area contributed by atoms with Crippen molar-refractivity contribution in [3.8, 4) is 5.75 Å². The van der Waals surface area contributed by atoms with Crippen LogP contribution in [0.4, 0.5) is 13.2 Å². The molecule has 3 heterocycles. The van der Waals surface area contributed by atoms with Gasteiger partial charge >= 0.3 is 12.1 Å². The molecule has 3 N–H and O–H groups in total. The maximum Gasteiger partial charge on any atom is 0.490 e. The molecule has 1 aliphatic rings. The first-order valence-electron chi connectivity index (χ1n) is 11.7. The number of amides is 1. The number of H-pyrrole nitrogens is 1. The SMILES string of the molecule is COc1ccc(C2CNC(=O)/C2=C/c2ccc3c(/C=C/c4ccncc4)n[nH]c3c2)cc1.O=C(O)C(F)(F)F. The Morgan fingerprint density at radius 3 is 2.38 bits per heavy atom. The van der Waals surface area contributed by atoms with Crippen molar-refractivity contribution in [2.75, 3.05) is 13.7 Å². The first-order valence-corrected chi connectivity index (χ1v) is 11.7. The Kier molecular flexibility index (Phi) is 8.09. The van der Waals surface area contributed by atoms with Crippen LogP contribution in [-0.2, 0) is 9.59 Å². The number of carbonyl (C=O) groups excluding carboxylic acids is 1. The number of hydrogen-bond donors (Lipinski definition) is 3. The monoisotopic (exact) mass is 536 g/mol. The summed E-state index contributed by atoms with van der Waals surface area (Å²) in [5, 5.41) is 18.7. The van der Waals surface area contributed by atoms with E-state index < -0.39 is 12.1 Å². The molecule has 11 heteroatoms. The Morgan fingerprint density at radius 2 is 1.74 bits per heavy atom. The van der Waals surface area contributed by atoms with Crippen molar-refractivity contribution in [1.29, 1.82) is 0 Å². The minimum Gasteiger partial charge on any atom is -0.497 e. The smallest absolute Gasteiger partial charge is 0.490 e. The first-order chi connectivity index (χ1) is 18.7. The summed E-state index contributed by atoms with van der Waals surface area (Å²) in [7, 11) is 1.65. The van der Waals surface area contributed by atoms with Gasteiger partial charge in [-0.3, -0.25) is 14.9 Å². The highest BCUT2D eigenvalue weighted by atomic mass is 19.4. The average Bonchev–Trinajstić information content (AvgIpc) is 3.50. The lowest BCUT2D eigenvalue weighted by atomic mass is 9.92. The maximum absolute atomic E-state index is 12.5. The molecule has 39 heavy (non-hydrogen) atoms. The summed E-state index contributed by atoms with van der Waals surface area (Å²) in [6.45, 7) is 0.591. The van der Waals surface area contributed by atoms with Gasteiger partial charge in [-0.2, -0.15) is 18.3 Å². The van der Waals surface area contributed by atoms with E-state index in [0.29, 0.717) is 6.54 Å². The van der Waals surface area contributed by atoms with E-state index in [9.17, 15) is 18.0 Å². The number of halogens is 3. The molecule has 2 aromatic carbocycles. The van der Waals surface area contributed by atoms with E-state index in [1.807, 2.05) is 72.8 Å². The second-order valence-electron chi connectivity index (χ2n) is 8.47. The Labute approximate surface area is 220 Å². The number of pyridine rings is 1. The third-order valence-corrected chi connectivity index (χ3v) is 5.94. The highest BCUT2D eigenvalue weighted by Gasteiger charge is 2.38. The van der Waals surface area contributed by atoms with Gasteiger partial charge < -0.3 is 15.2 Å². The van der Waals surface area contributed by atoms with Crippen molar-refractivity contribution >= 4 is 41.0 Å². The van der Waals surface area contributed by atoms with Gasteiger partial charge in [-0.25, -0.2) is 4.79 Å². The molecule has 0 bridgehead atoms. The van der Waals surface area contributed by atoms with Gasteiger partial charge in [0, 0.05) is 35.8 Å². The van der Waals surface area contributed by atoms with Gasteiger partial charge in [0.25, 0.3) is 0 Å². The van der Waals surface area contributed by atoms with Crippen LogP contribution in [0.3, 0.4) is 0 Å². The van der Waals surface area contributed by atoms with Crippen LogP contribution in [0.25, 0.3) is 29.1 Å². The molecular weight excluding hydrogens is 513 g/mol. The Bertz CT molecular complexity index is 1530. The summed E-state index contributed by atoms with van der Waals surface area (Å²) in [5.74, 6) is -1.98. The quantitative estimate of drug-likeness (QED) is 0.307. The van der Waals surface area contributed by atoms with Gasteiger partial charge in [0.05, 0.1) is 18.3 Å². The number of nitrogens with one attached hydrogen (secondary N) is 2. The largest absolute Gasteiger partial charge is 0.497 e. The number of carboxylic acid groups (broad SMARTS) is 1. The molecule has 5 rings (SSSR count). The molecule has 1 amide bonds. The van der Waals surface area contributed by atoms with E-state index in [4.69, 9.17) is 14.6 Å². The minimum absolute atomic E-state index is 0.00438. The van der Waals surface area contributed by atoms with Gasteiger partial charge in [0.2, 0.25) is 5.91 Å². The molecule has 1 fully saturated rings. The number of nitrogens with zero attached hydrogens (tertiary/aromatic N) is 2. The summed E-state index contributed by atoms with van der Waals surface area (Å²) in [6, 6.07) is 17.8. The average molecular weight is 537 g/mol. The fraction of sp³-hybridized carbons (Fsp3) is 0.143. The highest BCUT2D eigenvalue weighted by Crippen LogP contribution is 2.31. The Balaban J connectivity index is 0.000000448. The van der Waals surface area contributed by atoms with Crippen LogP contribution in [0.2, 0.25) is 0 Å². The van der Waals surface area contributed by atoms with Crippen LogP contribution in [0.15, 0.2) is 72.6 Å². The number of aliphatic carboxylic acids is 1. The zero-order valence-electron chi connectivity index (χ0n) is 20.6. The molecule has 0 spiro atoms. The fourth-order valence-corrected chi connectivity index (χ4v) is 3.97. The van der Waals surface area contributed by atoms with E-state index in [-0.39, 0.29) is 11.8 Å². The number of methoxy groups -OCH3 is 1. The number of benzene rings is 2. The molecule has 2 aromatic heterocycles. The summed E-state index contributed by atoms with van der Waals surface area (Å²) >= 11 is 0. The number of rotatable bonds is 5. The molecular formula is C28H23F3N4O4. The third kappa shape index (κ3) is 6.69. The van der Waals surface area contributed by atoms with Crippen molar-refractivity contribution in [3.05, 3.63) is 94.9 Å². The number of ether oxygens (including phenoxy) is 1. The Hall–Kier alpha value is -4.93. The molecule has 0 saturated carbocycles.